The Morgan fingerprint density at radius 3 is 2.77 bits per heavy atom. The minimum absolute atomic E-state index is 0.246. The molecule has 0 saturated heterocycles. The third kappa shape index (κ3) is 4.16. The van der Waals surface area contributed by atoms with Crippen LogP contribution < -0.4 is 4.74 Å². The summed E-state index contributed by atoms with van der Waals surface area (Å²) in [6.07, 6.45) is 2.55. The standard InChI is InChI=1S/C23H24N4O3S/c1-4-20(22(28)30-5-2)31-23-26-25-21(18-14-24-19-12-7-6-11-17(18)19)27(23)15-9-8-10-16(13-15)29-3/h6-14,20,24H,4-5H2,1-3H3. The first-order valence-corrected chi connectivity index (χ1v) is 11.0. The van der Waals surface area contributed by atoms with Crippen molar-refractivity contribution in [3.8, 4) is 22.8 Å². The van der Waals surface area contributed by atoms with Gasteiger partial charge in [0.05, 0.1) is 19.4 Å². The Morgan fingerprint density at radius 1 is 1.16 bits per heavy atom. The van der Waals surface area contributed by atoms with Crippen LogP contribution in [0.2, 0.25) is 0 Å². The number of benzene rings is 2. The number of para-hydroxylation sites is 1. The summed E-state index contributed by atoms with van der Waals surface area (Å²) in [4.78, 5) is 15.7. The van der Waals surface area contributed by atoms with Crippen molar-refractivity contribution in [2.75, 3.05) is 13.7 Å². The maximum Gasteiger partial charge on any atom is 0.319 e. The van der Waals surface area contributed by atoms with Crippen LogP contribution in [0.5, 0.6) is 5.75 Å². The van der Waals surface area contributed by atoms with Gasteiger partial charge in [-0.3, -0.25) is 9.36 Å². The summed E-state index contributed by atoms with van der Waals surface area (Å²) in [6.45, 7) is 4.11. The number of aromatic amines is 1. The molecule has 8 heteroatoms. The molecule has 2 heterocycles. The fraction of sp³-hybridized carbons (Fsp3) is 0.261. The van der Waals surface area contributed by atoms with Crippen molar-refractivity contribution in [2.24, 2.45) is 0 Å². The number of ether oxygens (including phenoxy) is 2. The number of esters is 1. The van der Waals surface area contributed by atoms with Crippen LogP contribution >= 0.6 is 11.8 Å². The zero-order valence-corrected chi connectivity index (χ0v) is 18.5. The van der Waals surface area contributed by atoms with Gasteiger partial charge >= 0.3 is 5.97 Å². The second-order valence-electron chi connectivity index (χ2n) is 6.86. The van der Waals surface area contributed by atoms with Gasteiger partial charge in [-0.15, -0.1) is 10.2 Å². The first-order chi connectivity index (χ1) is 15.2. The van der Waals surface area contributed by atoms with Crippen molar-refractivity contribution in [1.82, 2.24) is 19.7 Å². The molecular weight excluding hydrogens is 412 g/mol. The quantitative estimate of drug-likeness (QED) is 0.314. The summed E-state index contributed by atoms with van der Waals surface area (Å²) in [5.41, 5.74) is 2.80. The lowest BCUT2D eigenvalue weighted by atomic mass is 10.1. The molecule has 0 saturated carbocycles. The van der Waals surface area contributed by atoms with Gasteiger partial charge in [0.1, 0.15) is 11.0 Å². The molecule has 0 spiro atoms. The van der Waals surface area contributed by atoms with Gasteiger partial charge in [0, 0.05) is 28.7 Å². The Balaban J connectivity index is 1.85. The Bertz CT molecular complexity index is 1200. The van der Waals surface area contributed by atoms with Crippen LogP contribution in [-0.2, 0) is 9.53 Å². The summed E-state index contributed by atoms with van der Waals surface area (Å²) in [6, 6.07) is 15.8. The third-order valence-electron chi connectivity index (χ3n) is 4.94. The molecule has 1 N–H and O–H groups in total. The first-order valence-electron chi connectivity index (χ1n) is 10.2. The normalized spacial score (nSPS) is 12.1. The van der Waals surface area contributed by atoms with Crippen LogP contribution in [-0.4, -0.2) is 44.7 Å². The fourth-order valence-electron chi connectivity index (χ4n) is 3.42. The highest BCUT2D eigenvalue weighted by Crippen LogP contribution is 2.35. The van der Waals surface area contributed by atoms with E-state index in [0.29, 0.717) is 24.0 Å². The minimum Gasteiger partial charge on any atom is -0.497 e. The lowest BCUT2D eigenvalue weighted by molar-refractivity contribution is -0.142. The monoisotopic (exact) mass is 436 g/mol. The van der Waals surface area contributed by atoms with E-state index in [1.165, 1.54) is 11.8 Å². The molecular formula is C23H24N4O3S. The summed E-state index contributed by atoms with van der Waals surface area (Å²) >= 11 is 1.36. The van der Waals surface area contributed by atoms with Gasteiger partial charge in [0.15, 0.2) is 11.0 Å². The van der Waals surface area contributed by atoms with Crippen LogP contribution in [0, 0.1) is 0 Å². The largest absolute Gasteiger partial charge is 0.497 e. The second kappa shape index (κ2) is 9.26. The number of aromatic nitrogens is 4. The van der Waals surface area contributed by atoms with E-state index in [9.17, 15) is 4.79 Å². The van der Waals surface area contributed by atoms with Crippen LogP contribution in [0.4, 0.5) is 0 Å². The number of carbonyl (C=O) groups is 1. The predicted octanol–water partition coefficient (Wildman–Crippen LogP) is 4.86. The number of nitrogens with zero attached hydrogens (tertiary/aromatic N) is 3. The molecule has 0 amide bonds. The van der Waals surface area contributed by atoms with Crippen molar-refractivity contribution in [3.05, 3.63) is 54.7 Å². The van der Waals surface area contributed by atoms with E-state index in [4.69, 9.17) is 9.47 Å². The maximum atomic E-state index is 12.4. The lowest BCUT2D eigenvalue weighted by Gasteiger charge is -2.15. The molecule has 0 radical (unpaired) electrons. The van der Waals surface area contributed by atoms with Crippen molar-refractivity contribution < 1.29 is 14.3 Å². The van der Waals surface area contributed by atoms with E-state index in [-0.39, 0.29) is 11.2 Å². The van der Waals surface area contributed by atoms with Gasteiger partial charge in [-0.2, -0.15) is 0 Å². The molecule has 0 bridgehead atoms. The smallest absolute Gasteiger partial charge is 0.319 e. The number of fused-ring (bicyclic) bond motifs is 1. The predicted molar refractivity (Wildman–Crippen MR) is 122 cm³/mol. The average molecular weight is 437 g/mol. The lowest BCUT2D eigenvalue weighted by Crippen LogP contribution is -2.20. The molecule has 4 aromatic rings. The molecule has 7 nitrogen and oxygen atoms in total. The van der Waals surface area contributed by atoms with Crippen LogP contribution in [0.15, 0.2) is 59.9 Å². The van der Waals surface area contributed by atoms with E-state index in [1.807, 2.05) is 73.1 Å². The average Bonchev–Trinajstić information content (AvgIpc) is 3.41. The topological polar surface area (TPSA) is 82.0 Å². The van der Waals surface area contributed by atoms with E-state index in [2.05, 4.69) is 15.2 Å². The van der Waals surface area contributed by atoms with Crippen molar-refractivity contribution >= 4 is 28.6 Å². The molecule has 0 aliphatic heterocycles. The number of thioether (sulfide) groups is 1. The molecule has 0 fully saturated rings. The number of methoxy groups -OCH3 is 1. The highest BCUT2D eigenvalue weighted by Gasteiger charge is 2.25. The van der Waals surface area contributed by atoms with E-state index in [0.717, 1.165) is 27.9 Å². The summed E-state index contributed by atoms with van der Waals surface area (Å²) in [7, 11) is 1.63. The summed E-state index contributed by atoms with van der Waals surface area (Å²) < 4.78 is 12.6. The highest BCUT2D eigenvalue weighted by atomic mass is 32.2. The number of H-pyrrole nitrogens is 1. The van der Waals surface area contributed by atoms with Gasteiger partial charge in [0.25, 0.3) is 0 Å². The molecule has 2 aromatic carbocycles. The van der Waals surface area contributed by atoms with Gasteiger partial charge in [-0.1, -0.05) is 43.0 Å². The van der Waals surface area contributed by atoms with E-state index in [1.54, 1.807) is 7.11 Å². The number of hydrogen-bond donors (Lipinski definition) is 1. The van der Waals surface area contributed by atoms with Crippen molar-refractivity contribution in [3.63, 3.8) is 0 Å². The number of rotatable bonds is 8. The van der Waals surface area contributed by atoms with E-state index < -0.39 is 0 Å². The van der Waals surface area contributed by atoms with Gasteiger partial charge in [0.2, 0.25) is 0 Å². The number of nitrogens with one attached hydrogen (secondary N) is 1. The summed E-state index contributed by atoms with van der Waals surface area (Å²) in [5.74, 6) is 1.17. The summed E-state index contributed by atoms with van der Waals surface area (Å²) in [5, 5.41) is 10.3. The first kappa shape index (κ1) is 21.0. The zero-order chi connectivity index (χ0) is 21.8. The SMILES string of the molecule is CCOC(=O)C(CC)Sc1nnc(-c2c[nH]c3ccccc23)n1-c1cccc(OC)c1. The van der Waals surface area contributed by atoms with Gasteiger partial charge in [-0.25, -0.2) is 0 Å². The van der Waals surface area contributed by atoms with Gasteiger partial charge < -0.3 is 14.5 Å². The fourth-order valence-corrected chi connectivity index (χ4v) is 4.39. The molecule has 31 heavy (non-hydrogen) atoms. The Morgan fingerprint density at radius 2 is 2.00 bits per heavy atom. The molecule has 4 rings (SSSR count). The van der Waals surface area contributed by atoms with E-state index >= 15 is 0 Å². The van der Waals surface area contributed by atoms with Crippen molar-refractivity contribution in [1.29, 1.82) is 0 Å². The maximum absolute atomic E-state index is 12.4. The third-order valence-corrected chi connectivity index (χ3v) is 6.23. The van der Waals surface area contributed by atoms with Gasteiger partial charge in [-0.05, 0) is 31.5 Å². The number of hydrogen-bond acceptors (Lipinski definition) is 6. The molecule has 1 atom stereocenters. The van der Waals surface area contributed by atoms with Crippen LogP contribution in [0.25, 0.3) is 28.0 Å². The Hall–Kier alpha value is -3.26. The molecule has 2 aromatic heterocycles. The second-order valence-corrected chi connectivity index (χ2v) is 8.03. The minimum atomic E-state index is -0.371. The highest BCUT2D eigenvalue weighted by molar-refractivity contribution is 8.00. The van der Waals surface area contributed by atoms with Crippen LogP contribution in [0.1, 0.15) is 20.3 Å². The molecule has 160 valence electrons. The van der Waals surface area contributed by atoms with Crippen LogP contribution in [0.3, 0.4) is 0 Å². The Kier molecular flexibility index (Phi) is 6.27. The zero-order valence-electron chi connectivity index (χ0n) is 17.7. The molecule has 0 aliphatic rings. The Labute approximate surface area is 184 Å². The number of carbonyl (C=O) groups excluding carboxylic acids is 1. The van der Waals surface area contributed by atoms with Crippen molar-refractivity contribution in [2.45, 2.75) is 30.7 Å². The molecule has 0 aliphatic carbocycles. The molecule has 1 unspecified atom stereocenters.